The fraction of sp³-hybridized carbons (Fsp3) is 0.700. The van der Waals surface area contributed by atoms with Gasteiger partial charge >= 0.3 is 0 Å². The molecule has 1 unspecified atom stereocenters. The monoisotopic (exact) mass is 189 g/mol. The standard InChI is InChI=1S/C10H11N3O/c11-5-1-9-2-8-14-10(9,3-6-12)4-7-13/h9H,1-4,8H2. The summed E-state index contributed by atoms with van der Waals surface area (Å²) in [6.07, 6.45) is 1.54. The molecule has 0 amide bonds. The molecule has 4 nitrogen and oxygen atoms in total. The van der Waals surface area contributed by atoms with Gasteiger partial charge in [-0.25, -0.2) is 0 Å². The number of nitrogens with zero attached hydrogens (tertiary/aromatic N) is 3. The van der Waals surface area contributed by atoms with Gasteiger partial charge in [-0.1, -0.05) is 0 Å². The van der Waals surface area contributed by atoms with Gasteiger partial charge in [0.05, 0.1) is 36.7 Å². The topological polar surface area (TPSA) is 80.6 Å². The number of hydrogen-bond acceptors (Lipinski definition) is 4. The lowest BCUT2D eigenvalue weighted by Gasteiger charge is -2.28. The largest absolute Gasteiger partial charge is 0.373 e. The van der Waals surface area contributed by atoms with Crippen LogP contribution in [0.4, 0.5) is 0 Å². The lowest BCUT2D eigenvalue weighted by Crippen LogP contribution is -2.34. The van der Waals surface area contributed by atoms with Crippen molar-refractivity contribution in [1.82, 2.24) is 0 Å². The minimum atomic E-state index is -0.681. The van der Waals surface area contributed by atoms with E-state index in [-0.39, 0.29) is 18.8 Å². The SMILES string of the molecule is N#CCC1CCOC1(CC#N)CC#N. The minimum Gasteiger partial charge on any atom is -0.373 e. The molecule has 0 radical (unpaired) electrons. The van der Waals surface area contributed by atoms with E-state index in [4.69, 9.17) is 20.5 Å². The van der Waals surface area contributed by atoms with E-state index in [0.29, 0.717) is 13.0 Å². The third-order valence-corrected chi connectivity index (χ3v) is 2.69. The Labute approximate surface area is 83.3 Å². The third-order valence-electron chi connectivity index (χ3n) is 2.69. The molecule has 0 saturated carbocycles. The first-order valence-electron chi connectivity index (χ1n) is 4.54. The van der Waals surface area contributed by atoms with Crippen molar-refractivity contribution < 1.29 is 4.74 Å². The van der Waals surface area contributed by atoms with Gasteiger partial charge in [-0.3, -0.25) is 0 Å². The van der Waals surface area contributed by atoms with Crippen LogP contribution in [0.5, 0.6) is 0 Å². The van der Waals surface area contributed by atoms with Crippen molar-refractivity contribution >= 4 is 0 Å². The highest BCUT2D eigenvalue weighted by molar-refractivity contribution is 5.05. The summed E-state index contributed by atoms with van der Waals surface area (Å²) in [4.78, 5) is 0. The quantitative estimate of drug-likeness (QED) is 0.673. The Morgan fingerprint density at radius 3 is 2.29 bits per heavy atom. The van der Waals surface area contributed by atoms with Crippen LogP contribution in [0.1, 0.15) is 25.7 Å². The van der Waals surface area contributed by atoms with Crippen molar-refractivity contribution in [2.24, 2.45) is 5.92 Å². The van der Waals surface area contributed by atoms with Crippen molar-refractivity contribution in [1.29, 1.82) is 15.8 Å². The van der Waals surface area contributed by atoms with E-state index in [0.717, 1.165) is 6.42 Å². The highest BCUT2D eigenvalue weighted by Crippen LogP contribution is 2.39. The maximum atomic E-state index is 8.68. The molecule has 0 spiro atoms. The molecule has 1 atom stereocenters. The van der Waals surface area contributed by atoms with Gasteiger partial charge in [0, 0.05) is 18.9 Å². The molecule has 1 aliphatic heterocycles. The summed E-state index contributed by atoms with van der Waals surface area (Å²) < 4.78 is 5.49. The minimum absolute atomic E-state index is 0.0341. The molecule has 1 rings (SSSR count). The van der Waals surface area contributed by atoms with Crippen LogP contribution in [0.25, 0.3) is 0 Å². The number of nitriles is 3. The van der Waals surface area contributed by atoms with Crippen LogP contribution in [-0.4, -0.2) is 12.2 Å². The maximum absolute atomic E-state index is 8.68. The fourth-order valence-electron chi connectivity index (χ4n) is 1.90. The summed E-state index contributed by atoms with van der Waals surface area (Å²) in [7, 11) is 0. The van der Waals surface area contributed by atoms with Gasteiger partial charge in [-0.2, -0.15) is 15.8 Å². The van der Waals surface area contributed by atoms with Crippen LogP contribution >= 0.6 is 0 Å². The average molecular weight is 189 g/mol. The lowest BCUT2D eigenvalue weighted by atomic mass is 9.81. The van der Waals surface area contributed by atoms with Crippen molar-refractivity contribution in [3.63, 3.8) is 0 Å². The summed E-state index contributed by atoms with van der Waals surface area (Å²) in [6.45, 7) is 0.551. The van der Waals surface area contributed by atoms with E-state index < -0.39 is 5.60 Å². The molecule has 1 fully saturated rings. The molecule has 72 valence electrons. The number of hydrogen-bond donors (Lipinski definition) is 0. The zero-order chi connectivity index (χ0) is 10.4. The highest BCUT2D eigenvalue weighted by Gasteiger charge is 2.43. The molecule has 0 aliphatic carbocycles. The van der Waals surface area contributed by atoms with E-state index in [1.807, 2.05) is 12.1 Å². The van der Waals surface area contributed by atoms with Crippen molar-refractivity contribution in [3.8, 4) is 18.2 Å². The molecular weight excluding hydrogens is 178 g/mol. The van der Waals surface area contributed by atoms with Crippen molar-refractivity contribution in [2.75, 3.05) is 6.61 Å². The summed E-state index contributed by atoms with van der Waals surface area (Å²) >= 11 is 0. The predicted octanol–water partition coefficient (Wildman–Crippen LogP) is 1.50. The zero-order valence-electron chi connectivity index (χ0n) is 7.86. The molecule has 14 heavy (non-hydrogen) atoms. The van der Waals surface area contributed by atoms with Crippen molar-refractivity contribution in [3.05, 3.63) is 0 Å². The summed E-state index contributed by atoms with van der Waals surface area (Å²) in [5.41, 5.74) is -0.681. The smallest absolute Gasteiger partial charge is 0.0979 e. The normalized spacial score (nSPS) is 23.4. The molecule has 4 heteroatoms. The summed E-state index contributed by atoms with van der Waals surface area (Å²) in [5, 5.41) is 26.0. The van der Waals surface area contributed by atoms with E-state index in [2.05, 4.69) is 6.07 Å². The Balaban J connectivity index is 2.80. The first-order valence-corrected chi connectivity index (χ1v) is 4.54. The molecule has 0 aromatic rings. The van der Waals surface area contributed by atoms with Gasteiger partial charge in [-0.15, -0.1) is 0 Å². The Hall–Kier alpha value is -1.57. The van der Waals surface area contributed by atoms with Crippen LogP contribution in [0.3, 0.4) is 0 Å². The van der Waals surface area contributed by atoms with Gasteiger partial charge in [0.25, 0.3) is 0 Å². The van der Waals surface area contributed by atoms with Crippen LogP contribution in [0.2, 0.25) is 0 Å². The van der Waals surface area contributed by atoms with Gasteiger partial charge in [0.1, 0.15) is 0 Å². The van der Waals surface area contributed by atoms with Crippen molar-refractivity contribution in [2.45, 2.75) is 31.3 Å². The molecule has 1 heterocycles. The highest BCUT2D eigenvalue weighted by atomic mass is 16.5. The fourth-order valence-corrected chi connectivity index (χ4v) is 1.90. The molecule has 1 saturated heterocycles. The van der Waals surface area contributed by atoms with Gasteiger partial charge in [-0.05, 0) is 6.42 Å². The molecule has 0 bridgehead atoms. The molecule has 1 aliphatic rings. The summed E-state index contributed by atoms with van der Waals surface area (Å²) in [5.74, 6) is 0.0341. The second-order valence-electron chi connectivity index (χ2n) is 3.43. The Morgan fingerprint density at radius 1 is 1.14 bits per heavy atom. The number of rotatable bonds is 3. The van der Waals surface area contributed by atoms with Gasteiger partial charge < -0.3 is 4.74 Å². The Kier molecular flexibility index (Phi) is 3.46. The Morgan fingerprint density at radius 2 is 1.79 bits per heavy atom. The lowest BCUT2D eigenvalue weighted by molar-refractivity contribution is -0.0129. The second-order valence-corrected chi connectivity index (χ2v) is 3.43. The van der Waals surface area contributed by atoms with E-state index in [9.17, 15) is 0 Å². The predicted molar refractivity (Wildman–Crippen MR) is 47.5 cm³/mol. The van der Waals surface area contributed by atoms with Crippen LogP contribution in [-0.2, 0) is 4.74 Å². The molecule has 0 aromatic heterocycles. The van der Waals surface area contributed by atoms with E-state index >= 15 is 0 Å². The molecular formula is C10H11N3O. The third kappa shape index (κ3) is 1.84. The van der Waals surface area contributed by atoms with Crippen LogP contribution in [0, 0.1) is 39.9 Å². The Bertz CT molecular complexity index is 302. The maximum Gasteiger partial charge on any atom is 0.0979 e. The second kappa shape index (κ2) is 4.61. The molecule has 0 aromatic carbocycles. The average Bonchev–Trinajstić information content (AvgIpc) is 2.51. The van der Waals surface area contributed by atoms with Gasteiger partial charge in [0.15, 0.2) is 0 Å². The number of ether oxygens (including phenoxy) is 1. The van der Waals surface area contributed by atoms with Crippen LogP contribution < -0.4 is 0 Å². The first kappa shape index (κ1) is 10.5. The molecule has 0 N–H and O–H groups in total. The summed E-state index contributed by atoms with van der Waals surface area (Å²) in [6, 6.07) is 6.16. The first-order chi connectivity index (χ1) is 6.79. The van der Waals surface area contributed by atoms with Crippen LogP contribution in [0.15, 0.2) is 0 Å². The van der Waals surface area contributed by atoms with E-state index in [1.54, 1.807) is 0 Å². The zero-order valence-corrected chi connectivity index (χ0v) is 7.86. The van der Waals surface area contributed by atoms with Gasteiger partial charge in [0.2, 0.25) is 0 Å². The van der Waals surface area contributed by atoms with E-state index in [1.165, 1.54) is 0 Å².